The van der Waals surface area contributed by atoms with Gasteiger partial charge in [0.2, 0.25) is 0 Å². The molecule has 1 aliphatic rings. The van der Waals surface area contributed by atoms with Crippen LogP contribution in [0.4, 0.5) is 24.5 Å². The Hall–Kier alpha value is -3.01. The van der Waals surface area contributed by atoms with E-state index in [1.807, 2.05) is 24.3 Å². The SMILES string of the molecule is COc1ccc(OCCN2CCN(c3ccc(C(F)(F)F)cc3[N+](=O)[O-])CC2)cc1. The zero-order valence-electron chi connectivity index (χ0n) is 16.4. The highest BCUT2D eigenvalue weighted by Crippen LogP contribution is 2.36. The maximum Gasteiger partial charge on any atom is 0.416 e. The molecule has 1 saturated heterocycles. The van der Waals surface area contributed by atoms with Gasteiger partial charge in [0.05, 0.1) is 17.6 Å². The number of benzene rings is 2. The zero-order valence-corrected chi connectivity index (χ0v) is 16.4. The van der Waals surface area contributed by atoms with Crippen LogP contribution in [0.1, 0.15) is 5.56 Å². The van der Waals surface area contributed by atoms with Gasteiger partial charge in [-0.25, -0.2) is 0 Å². The van der Waals surface area contributed by atoms with Crippen molar-refractivity contribution in [3.05, 3.63) is 58.1 Å². The Balaban J connectivity index is 1.54. The lowest BCUT2D eigenvalue weighted by Gasteiger charge is -2.35. The van der Waals surface area contributed by atoms with Gasteiger partial charge in [-0.15, -0.1) is 0 Å². The van der Waals surface area contributed by atoms with Gasteiger partial charge in [-0.2, -0.15) is 13.2 Å². The molecule has 1 fully saturated rings. The van der Waals surface area contributed by atoms with Crippen LogP contribution in [0.25, 0.3) is 0 Å². The molecule has 3 rings (SSSR count). The molecular weight excluding hydrogens is 403 g/mol. The summed E-state index contributed by atoms with van der Waals surface area (Å²) in [5.41, 5.74) is -1.34. The second-order valence-corrected chi connectivity index (χ2v) is 6.81. The van der Waals surface area contributed by atoms with E-state index in [0.29, 0.717) is 45.4 Å². The first-order valence-corrected chi connectivity index (χ1v) is 9.38. The smallest absolute Gasteiger partial charge is 0.416 e. The summed E-state index contributed by atoms with van der Waals surface area (Å²) >= 11 is 0. The third-order valence-corrected chi connectivity index (χ3v) is 4.95. The van der Waals surface area contributed by atoms with Gasteiger partial charge < -0.3 is 14.4 Å². The minimum absolute atomic E-state index is 0.210. The van der Waals surface area contributed by atoms with Crippen LogP contribution < -0.4 is 14.4 Å². The van der Waals surface area contributed by atoms with Crippen molar-refractivity contribution in [3.63, 3.8) is 0 Å². The number of nitro groups is 1. The molecule has 7 nitrogen and oxygen atoms in total. The first-order chi connectivity index (χ1) is 14.3. The minimum atomic E-state index is -4.62. The highest BCUT2D eigenvalue weighted by atomic mass is 19.4. The number of hydrogen-bond acceptors (Lipinski definition) is 6. The Kier molecular flexibility index (Phi) is 6.66. The van der Waals surface area contributed by atoms with Crippen molar-refractivity contribution < 1.29 is 27.6 Å². The minimum Gasteiger partial charge on any atom is -0.497 e. The number of methoxy groups -OCH3 is 1. The lowest BCUT2D eigenvalue weighted by Crippen LogP contribution is -2.47. The number of hydrogen-bond donors (Lipinski definition) is 0. The second kappa shape index (κ2) is 9.21. The number of alkyl halides is 3. The number of nitro benzene ring substituents is 1. The molecule has 0 unspecified atom stereocenters. The number of ether oxygens (including phenoxy) is 2. The summed E-state index contributed by atoms with van der Waals surface area (Å²) in [6, 6.07) is 9.93. The van der Waals surface area contributed by atoms with E-state index in [2.05, 4.69) is 4.90 Å². The van der Waals surface area contributed by atoms with Gasteiger partial charge in [-0.1, -0.05) is 0 Å². The van der Waals surface area contributed by atoms with Crippen LogP contribution in [0.15, 0.2) is 42.5 Å². The van der Waals surface area contributed by atoms with E-state index in [1.165, 1.54) is 6.07 Å². The van der Waals surface area contributed by atoms with Crippen LogP contribution in [0.3, 0.4) is 0 Å². The highest BCUT2D eigenvalue weighted by molar-refractivity contribution is 5.65. The molecule has 1 aliphatic heterocycles. The molecule has 0 aromatic heterocycles. The Morgan fingerprint density at radius 3 is 2.23 bits per heavy atom. The summed E-state index contributed by atoms with van der Waals surface area (Å²) < 4.78 is 49.4. The van der Waals surface area contributed by atoms with Gasteiger partial charge in [-0.3, -0.25) is 15.0 Å². The van der Waals surface area contributed by atoms with Gasteiger partial charge in [0, 0.05) is 38.8 Å². The van der Waals surface area contributed by atoms with Gasteiger partial charge in [-0.05, 0) is 36.4 Å². The third-order valence-electron chi connectivity index (χ3n) is 4.95. The Labute approximate surface area is 171 Å². The van der Waals surface area contributed by atoms with Crippen LogP contribution in [0.2, 0.25) is 0 Å². The average Bonchev–Trinajstić information content (AvgIpc) is 2.73. The van der Waals surface area contributed by atoms with Crippen molar-refractivity contribution in [3.8, 4) is 11.5 Å². The predicted molar refractivity (Wildman–Crippen MR) is 105 cm³/mol. The van der Waals surface area contributed by atoms with Gasteiger partial charge in [0.25, 0.3) is 5.69 Å². The molecule has 2 aromatic carbocycles. The molecular formula is C20H22F3N3O4. The summed E-state index contributed by atoms with van der Waals surface area (Å²) in [4.78, 5) is 14.4. The van der Waals surface area contributed by atoms with E-state index in [9.17, 15) is 23.3 Å². The normalized spacial score (nSPS) is 15.1. The first kappa shape index (κ1) is 21.7. The van der Waals surface area contributed by atoms with E-state index in [-0.39, 0.29) is 5.69 Å². The molecule has 0 atom stereocenters. The number of halogens is 3. The molecule has 0 amide bonds. The van der Waals surface area contributed by atoms with E-state index in [4.69, 9.17) is 9.47 Å². The number of piperazine rings is 1. The standard InChI is InChI=1S/C20H22F3N3O4/c1-29-16-3-5-17(6-4-16)30-13-12-24-8-10-25(11-9-24)18-7-2-15(20(21,22)23)14-19(18)26(27)28/h2-7,14H,8-13H2,1H3. The molecule has 0 bridgehead atoms. The monoisotopic (exact) mass is 425 g/mol. The van der Waals surface area contributed by atoms with Crippen LogP contribution in [-0.4, -0.2) is 56.3 Å². The third kappa shape index (κ3) is 5.32. The number of nitrogens with zero attached hydrogens (tertiary/aromatic N) is 3. The molecule has 2 aromatic rings. The van der Waals surface area contributed by atoms with E-state index in [1.54, 1.807) is 12.0 Å². The summed E-state index contributed by atoms with van der Waals surface area (Å²) in [6.45, 7) is 3.37. The molecule has 0 aliphatic carbocycles. The van der Waals surface area contributed by atoms with Gasteiger partial charge >= 0.3 is 6.18 Å². The van der Waals surface area contributed by atoms with Crippen LogP contribution >= 0.6 is 0 Å². The molecule has 0 radical (unpaired) electrons. The van der Waals surface area contributed by atoms with Crippen molar-refractivity contribution in [2.75, 3.05) is 51.3 Å². The molecule has 30 heavy (non-hydrogen) atoms. The summed E-state index contributed by atoms with van der Waals surface area (Å²) in [6.07, 6.45) is -4.62. The van der Waals surface area contributed by atoms with Crippen LogP contribution in [0, 0.1) is 10.1 Å². The fourth-order valence-corrected chi connectivity index (χ4v) is 3.29. The van der Waals surface area contributed by atoms with Crippen molar-refractivity contribution in [1.82, 2.24) is 4.90 Å². The van der Waals surface area contributed by atoms with E-state index >= 15 is 0 Å². The first-order valence-electron chi connectivity index (χ1n) is 9.38. The van der Waals surface area contributed by atoms with Crippen LogP contribution in [0.5, 0.6) is 11.5 Å². The summed E-state index contributed by atoms with van der Waals surface area (Å²) in [5, 5.41) is 11.3. The van der Waals surface area contributed by atoms with Crippen molar-refractivity contribution >= 4 is 11.4 Å². The fourth-order valence-electron chi connectivity index (χ4n) is 3.29. The predicted octanol–water partition coefficient (Wildman–Crippen LogP) is 3.82. The Bertz CT molecular complexity index is 867. The topological polar surface area (TPSA) is 68.1 Å². The van der Waals surface area contributed by atoms with Crippen molar-refractivity contribution in [1.29, 1.82) is 0 Å². The molecule has 10 heteroatoms. The summed E-state index contributed by atoms with van der Waals surface area (Å²) in [5.74, 6) is 1.48. The zero-order chi connectivity index (χ0) is 21.7. The second-order valence-electron chi connectivity index (χ2n) is 6.81. The van der Waals surface area contributed by atoms with E-state index < -0.39 is 22.4 Å². The van der Waals surface area contributed by atoms with E-state index in [0.717, 1.165) is 17.6 Å². The molecule has 162 valence electrons. The maximum absolute atomic E-state index is 12.9. The van der Waals surface area contributed by atoms with Crippen molar-refractivity contribution in [2.24, 2.45) is 0 Å². The average molecular weight is 425 g/mol. The molecule has 0 spiro atoms. The largest absolute Gasteiger partial charge is 0.497 e. The fraction of sp³-hybridized carbons (Fsp3) is 0.400. The quantitative estimate of drug-likeness (QED) is 0.496. The van der Waals surface area contributed by atoms with Crippen molar-refractivity contribution in [2.45, 2.75) is 6.18 Å². The van der Waals surface area contributed by atoms with Gasteiger partial charge in [0.1, 0.15) is 23.8 Å². The Morgan fingerprint density at radius 1 is 1.03 bits per heavy atom. The molecule has 1 heterocycles. The van der Waals surface area contributed by atoms with Gasteiger partial charge in [0.15, 0.2) is 0 Å². The highest BCUT2D eigenvalue weighted by Gasteiger charge is 2.34. The lowest BCUT2D eigenvalue weighted by molar-refractivity contribution is -0.384. The Morgan fingerprint density at radius 2 is 1.67 bits per heavy atom. The molecule has 0 N–H and O–H groups in total. The number of rotatable bonds is 7. The number of anilines is 1. The summed E-state index contributed by atoms with van der Waals surface area (Å²) in [7, 11) is 1.59. The molecule has 0 saturated carbocycles. The maximum atomic E-state index is 12.9. The van der Waals surface area contributed by atoms with Crippen LogP contribution in [-0.2, 0) is 6.18 Å². The lowest BCUT2D eigenvalue weighted by atomic mass is 10.1.